The van der Waals surface area contributed by atoms with Crippen LogP contribution in [-0.4, -0.2) is 66.8 Å². The first kappa shape index (κ1) is 24.1. The van der Waals surface area contributed by atoms with Crippen molar-refractivity contribution in [3.8, 4) is 0 Å². The lowest BCUT2D eigenvalue weighted by atomic mass is 9.77. The molecule has 0 aromatic heterocycles. The van der Waals surface area contributed by atoms with Gasteiger partial charge in [0.2, 0.25) is 10.0 Å². The predicted molar refractivity (Wildman–Crippen MR) is 119 cm³/mol. The second kappa shape index (κ2) is 9.34. The highest BCUT2D eigenvalue weighted by atomic mass is 32.2. The fraction of sp³-hybridized carbons (Fsp3) is 0.545. The van der Waals surface area contributed by atoms with Gasteiger partial charge >= 0.3 is 12.0 Å². The van der Waals surface area contributed by atoms with Crippen molar-refractivity contribution in [2.45, 2.75) is 55.9 Å². The summed E-state index contributed by atoms with van der Waals surface area (Å²) in [4.78, 5) is 49.6. The topological polar surface area (TPSA) is 142 Å². The van der Waals surface area contributed by atoms with Crippen LogP contribution in [-0.2, 0) is 24.3 Å². The molecule has 2 saturated heterocycles. The highest BCUT2D eigenvalue weighted by Crippen LogP contribution is 2.35. The first-order valence-corrected chi connectivity index (χ1v) is 12.8. The van der Waals surface area contributed by atoms with E-state index < -0.39 is 46.0 Å². The van der Waals surface area contributed by atoms with E-state index in [1.807, 2.05) is 0 Å². The van der Waals surface area contributed by atoms with E-state index in [-0.39, 0.29) is 10.5 Å². The lowest BCUT2D eigenvalue weighted by molar-refractivity contribution is -0.141. The molecule has 1 aromatic carbocycles. The standard InChI is InChI=1S/C22H28N4O7S/c1-15-8-10-22(11-9-15)20(29)26(21(30)23-22)24-18(27)14-33-19(28)16-4-6-17(7-5-16)34(31,32)25-12-2-3-13-25/h4-7,15H,2-3,8-14H2,1H3,(H,23,30)(H,24,27). The highest BCUT2D eigenvalue weighted by Gasteiger charge is 2.52. The van der Waals surface area contributed by atoms with Gasteiger partial charge in [0, 0.05) is 13.1 Å². The maximum atomic E-state index is 12.8. The number of benzene rings is 1. The summed E-state index contributed by atoms with van der Waals surface area (Å²) in [6.45, 7) is 2.31. The summed E-state index contributed by atoms with van der Waals surface area (Å²) >= 11 is 0. The van der Waals surface area contributed by atoms with Crippen molar-refractivity contribution in [1.82, 2.24) is 20.1 Å². The molecule has 1 aromatic rings. The van der Waals surface area contributed by atoms with Gasteiger partial charge < -0.3 is 10.1 Å². The normalized spacial score (nSPS) is 25.4. The van der Waals surface area contributed by atoms with E-state index in [1.54, 1.807) is 0 Å². The Hall–Kier alpha value is -2.99. The Morgan fingerprint density at radius 1 is 1.12 bits per heavy atom. The maximum Gasteiger partial charge on any atom is 0.344 e. The minimum absolute atomic E-state index is 0.0680. The molecule has 4 amide bonds. The minimum atomic E-state index is -3.60. The van der Waals surface area contributed by atoms with Gasteiger partial charge in [-0.1, -0.05) is 6.92 Å². The van der Waals surface area contributed by atoms with Gasteiger partial charge in [-0.05, 0) is 68.7 Å². The number of carbonyl (C=O) groups is 4. The molecule has 3 aliphatic rings. The first-order valence-electron chi connectivity index (χ1n) is 11.4. The number of nitrogens with one attached hydrogen (secondary N) is 2. The molecule has 1 aliphatic carbocycles. The first-order chi connectivity index (χ1) is 16.1. The summed E-state index contributed by atoms with van der Waals surface area (Å²) in [6, 6.07) is 4.56. The Labute approximate surface area is 197 Å². The lowest BCUT2D eigenvalue weighted by Crippen LogP contribution is -2.52. The number of imide groups is 1. The molecule has 12 heteroatoms. The lowest BCUT2D eigenvalue weighted by Gasteiger charge is -2.33. The number of esters is 1. The molecule has 4 rings (SSSR count). The third-order valence-corrected chi connectivity index (χ3v) is 8.57. The molecule has 2 aliphatic heterocycles. The second-order valence-electron chi connectivity index (χ2n) is 9.08. The van der Waals surface area contributed by atoms with Gasteiger partial charge in [0.15, 0.2) is 6.61 Å². The Morgan fingerprint density at radius 3 is 2.35 bits per heavy atom. The fourth-order valence-corrected chi connectivity index (χ4v) is 6.04. The third kappa shape index (κ3) is 4.64. The predicted octanol–water partition coefficient (Wildman–Crippen LogP) is 1.16. The molecular weight excluding hydrogens is 464 g/mol. The second-order valence-corrected chi connectivity index (χ2v) is 11.0. The highest BCUT2D eigenvalue weighted by molar-refractivity contribution is 7.89. The minimum Gasteiger partial charge on any atom is -0.452 e. The number of carbonyl (C=O) groups excluding carboxylic acids is 4. The van der Waals surface area contributed by atoms with Crippen molar-refractivity contribution in [2.75, 3.05) is 19.7 Å². The monoisotopic (exact) mass is 492 g/mol. The number of hydrazine groups is 1. The summed E-state index contributed by atoms with van der Waals surface area (Å²) < 4.78 is 31.5. The molecule has 11 nitrogen and oxygen atoms in total. The Kier molecular flexibility index (Phi) is 6.63. The molecule has 0 radical (unpaired) electrons. The summed E-state index contributed by atoms with van der Waals surface area (Å²) in [6.07, 6.45) is 4.23. The molecule has 34 heavy (non-hydrogen) atoms. The Morgan fingerprint density at radius 2 is 1.74 bits per heavy atom. The summed E-state index contributed by atoms with van der Waals surface area (Å²) in [5.41, 5.74) is 1.27. The molecule has 0 atom stereocenters. The van der Waals surface area contributed by atoms with E-state index in [9.17, 15) is 27.6 Å². The van der Waals surface area contributed by atoms with Crippen LogP contribution in [0.25, 0.3) is 0 Å². The molecule has 3 fully saturated rings. The number of amides is 4. The van der Waals surface area contributed by atoms with E-state index >= 15 is 0 Å². The number of ether oxygens (including phenoxy) is 1. The van der Waals surface area contributed by atoms with E-state index in [0.29, 0.717) is 36.9 Å². The zero-order valence-electron chi connectivity index (χ0n) is 18.9. The third-order valence-electron chi connectivity index (χ3n) is 6.65. The van der Waals surface area contributed by atoms with Gasteiger partial charge in [-0.15, -0.1) is 0 Å². The zero-order valence-corrected chi connectivity index (χ0v) is 19.7. The SMILES string of the molecule is CC1CCC2(CC1)NC(=O)N(NC(=O)COC(=O)c1ccc(S(=O)(=O)N3CCCC3)cc1)C2=O. The largest absolute Gasteiger partial charge is 0.452 e. The van der Waals surface area contributed by atoms with Crippen molar-refractivity contribution in [3.05, 3.63) is 29.8 Å². The number of hydrogen-bond donors (Lipinski definition) is 2. The van der Waals surface area contributed by atoms with E-state index in [2.05, 4.69) is 17.7 Å². The van der Waals surface area contributed by atoms with Gasteiger partial charge in [0.1, 0.15) is 5.54 Å². The van der Waals surface area contributed by atoms with Crippen LogP contribution in [0.15, 0.2) is 29.2 Å². The van der Waals surface area contributed by atoms with Gasteiger partial charge in [-0.2, -0.15) is 9.31 Å². The van der Waals surface area contributed by atoms with Crippen molar-refractivity contribution >= 4 is 33.8 Å². The molecular formula is C22H28N4O7S. The van der Waals surface area contributed by atoms with Gasteiger partial charge in [-0.25, -0.2) is 18.0 Å². The number of urea groups is 1. The van der Waals surface area contributed by atoms with Crippen LogP contribution >= 0.6 is 0 Å². The summed E-state index contributed by atoms with van der Waals surface area (Å²) in [5.74, 6) is -1.73. The molecule has 1 saturated carbocycles. The zero-order chi connectivity index (χ0) is 24.5. The van der Waals surface area contributed by atoms with Crippen molar-refractivity contribution in [1.29, 1.82) is 0 Å². The van der Waals surface area contributed by atoms with Crippen molar-refractivity contribution in [2.24, 2.45) is 5.92 Å². The number of hydrogen-bond acceptors (Lipinski definition) is 7. The summed E-state index contributed by atoms with van der Waals surface area (Å²) in [5, 5.41) is 3.33. The molecule has 1 spiro atoms. The van der Waals surface area contributed by atoms with Crippen molar-refractivity contribution in [3.63, 3.8) is 0 Å². The molecule has 2 heterocycles. The molecule has 184 valence electrons. The van der Waals surface area contributed by atoms with Gasteiger partial charge in [-0.3, -0.25) is 15.0 Å². The number of nitrogens with zero attached hydrogens (tertiary/aromatic N) is 2. The van der Waals surface area contributed by atoms with E-state index in [4.69, 9.17) is 4.74 Å². The summed E-state index contributed by atoms with van der Waals surface area (Å²) in [7, 11) is -3.60. The van der Waals surface area contributed by atoms with Crippen LogP contribution < -0.4 is 10.7 Å². The Balaban J connectivity index is 1.30. The van der Waals surface area contributed by atoms with Crippen LogP contribution in [0.3, 0.4) is 0 Å². The quantitative estimate of drug-likeness (QED) is 0.448. The number of sulfonamides is 1. The smallest absolute Gasteiger partial charge is 0.344 e. The van der Waals surface area contributed by atoms with E-state index in [1.165, 1.54) is 28.6 Å². The average molecular weight is 493 g/mol. The van der Waals surface area contributed by atoms with Crippen LogP contribution in [0.1, 0.15) is 55.8 Å². The molecule has 0 bridgehead atoms. The fourth-order valence-electron chi connectivity index (χ4n) is 4.53. The van der Waals surface area contributed by atoms with Crippen LogP contribution in [0.2, 0.25) is 0 Å². The van der Waals surface area contributed by atoms with Gasteiger partial charge in [0.25, 0.3) is 11.8 Å². The number of rotatable bonds is 6. The molecule has 0 unspecified atom stereocenters. The molecule has 2 N–H and O–H groups in total. The van der Waals surface area contributed by atoms with Crippen molar-refractivity contribution < 1.29 is 32.3 Å². The average Bonchev–Trinajstić information content (AvgIpc) is 3.44. The Bertz CT molecular complexity index is 1090. The van der Waals surface area contributed by atoms with Crippen LogP contribution in [0.4, 0.5) is 4.79 Å². The van der Waals surface area contributed by atoms with Crippen LogP contribution in [0, 0.1) is 5.92 Å². The van der Waals surface area contributed by atoms with E-state index in [0.717, 1.165) is 25.7 Å². The van der Waals surface area contributed by atoms with Crippen LogP contribution in [0.5, 0.6) is 0 Å². The van der Waals surface area contributed by atoms with Gasteiger partial charge in [0.05, 0.1) is 10.5 Å². The maximum absolute atomic E-state index is 12.8.